The number of aromatic nitrogens is 1. The molecular weight excluding hydrogens is 432 g/mol. The van der Waals surface area contributed by atoms with Gasteiger partial charge in [-0.05, 0) is 36.2 Å². The lowest BCUT2D eigenvalue weighted by molar-refractivity contribution is -0.429. The highest BCUT2D eigenvalue weighted by atomic mass is 32.1. The molecule has 5 fully saturated rings. The fourth-order valence-electron chi connectivity index (χ4n) is 8.30. The number of ketones is 1. The summed E-state index contributed by atoms with van der Waals surface area (Å²) < 4.78 is 6.02. The molecule has 172 valence electrons. The minimum atomic E-state index is -2.19. The molecular formula is C23H28N2O6S. The number of hydrogen-bond donors (Lipinski definition) is 4. The molecule has 3 heterocycles. The number of thiazole rings is 1. The summed E-state index contributed by atoms with van der Waals surface area (Å²) >= 11 is 1.40. The van der Waals surface area contributed by atoms with Crippen molar-refractivity contribution in [1.82, 2.24) is 4.98 Å². The Morgan fingerprint density at radius 3 is 2.69 bits per heavy atom. The third kappa shape index (κ3) is 1.95. The number of amides is 1. The average molecular weight is 461 g/mol. The van der Waals surface area contributed by atoms with E-state index in [0.717, 1.165) is 10.6 Å². The van der Waals surface area contributed by atoms with Crippen molar-refractivity contribution in [2.24, 2.45) is 28.6 Å². The summed E-state index contributed by atoms with van der Waals surface area (Å²) in [6, 6.07) is 0. The summed E-state index contributed by atoms with van der Waals surface area (Å²) in [7, 11) is 0. The summed E-state index contributed by atoms with van der Waals surface area (Å²) in [4.78, 5) is 31.2. The van der Waals surface area contributed by atoms with E-state index in [1.165, 1.54) is 18.3 Å². The fourth-order valence-corrected chi connectivity index (χ4v) is 9.64. The zero-order valence-corrected chi connectivity index (χ0v) is 19.2. The van der Waals surface area contributed by atoms with Gasteiger partial charge in [-0.15, -0.1) is 11.3 Å². The molecule has 0 aromatic carbocycles. The molecule has 4 bridgehead atoms. The van der Waals surface area contributed by atoms with Crippen molar-refractivity contribution >= 4 is 28.2 Å². The van der Waals surface area contributed by atoms with E-state index in [1.54, 1.807) is 0 Å². The summed E-state index contributed by atoms with van der Waals surface area (Å²) in [5.41, 5.74) is -1.97. The first-order valence-corrected chi connectivity index (χ1v) is 12.0. The summed E-state index contributed by atoms with van der Waals surface area (Å²) in [6.45, 7) is 9.57. The Labute approximate surface area is 189 Å². The van der Waals surface area contributed by atoms with Crippen molar-refractivity contribution in [3.8, 4) is 0 Å². The topological polar surface area (TPSA) is 129 Å². The SMILES string of the molecule is C=C1C(=O)[C@@]23C(CC[C@H]1[C@H]2O)[C@@]12CO[C@]3(O)[C@@H](O)C1C(C)(C)Cc1sc(NC(C)=O)nc12. The zero-order valence-electron chi connectivity index (χ0n) is 18.3. The van der Waals surface area contributed by atoms with Crippen molar-refractivity contribution < 1.29 is 29.6 Å². The average Bonchev–Trinajstić information content (AvgIpc) is 3.12. The first kappa shape index (κ1) is 20.9. The molecule has 3 saturated carbocycles. The first-order valence-electron chi connectivity index (χ1n) is 11.2. The molecule has 9 heteroatoms. The van der Waals surface area contributed by atoms with E-state index in [2.05, 4.69) is 25.7 Å². The van der Waals surface area contributed by atoms with Crippen LogP contribution in [0.15, 0.2) is 12.2 Å². The van der Waals surface area contributed by atoms with Gasteiger partial charge in [0.2, 0.25) is 11.7 Å². The van der Waals surface area contributed by atoms with Crippen LogP contribution in [0.3, 0.4) is 0 Å². The fraction of sp³-hybridized carbons (Fsp3) is 0.696. The molecule has 0 radical (unpaired) electrons. The highest BCUT2D eigenvalue weighted by molar-refractivity contribution is 7.15. The molecule has 1 amide bonds. The summed E-state index contributed by atoms with van der Waals surface area (Å²) in [6.07, 6.45) is -0.781. The van der Waals surface area contributed by atoms with Crippen LogP contribution >= 0.6 is 11.3 Å². The Bertz CT molecular complexity index is 1100. The minimum Gasteiger partial charge on any atom is -0.391 e. The van der Waals surface area contributed by atoms with Gasteiger partial charge in [0.15, 0.2) is 10.9 Å². The number of hydrogen-bond acceptors (Lipinski definition) is 8. The maximum Gasteiger partial charge on any atom is 0.223 e. The Kier molecular flexibility index (Phi) is 3.84. The van der Waals surface area contributed by atoms with Gasteiger partial charge in [0.05, 0.1) is 18.4 Å². The van der Waals surface area contributed by atoms with Gasteiger partial charge >= 0.3 is 0 Å². The van der Waals surface area contributed by atoms with Gasteiger partial charge in [0, 0.05) is 29.1 Å². The zero-order chi connectivity index (χ0) is 23.0. The van der Waals surface area contributed by atoms with Gasteiger partial charge in [0.1, 0.15) is 11.5 Å². The summed E-state index contributed by atoms with van der Waals surface area (Å²) in [5, 5.41) is 38.2. The number of anilines is 1. The van der Waals surface area contributed by atoms with Crippen LogP contribution < -0.4 is 5.32 Å². The Hall–Kier alpha value is -1.65. The molecule has 4 N–H and O–H groups in total. The number of carbonyl (C=O) groups excluding carboxylic acids is 2. The second kappa shape index (κ2) is 5.88. The molecule has 2 aliphatic heterocycles. The molecule has 2 spiro atoms. The number of aliphatic hydroxyl groups is 3. The van der Waals surface area contributed by atoms with E-state index in [-0.39, 0.29) is 12.5 Å². The third-order valence-electron chi connectivity index (χ3n) is 9.18. The van der Waals surface area contributed by atoms with Crippen LogP contribution in [0.1, 0.15) is 44.2 Å². The van der Waals surface area contributed by atoms with Crippen LogP contribution in [-0.4, -0.2) is 56.6 Å². The van der Waals surface area contributed by atoms with E-state index in [1.807, 2.05) is 0 Å². The number of rotatable bonds is 1. The molecule has 7 rings (SSSR count). The van der Waals surface area contributed by atoms with Crippen LogP contribution in [0.25, 0.3) is 0 Å². The van der Waals surface area contributed by atoms with Gasteiger partial charge in [-0.1, -0.05) is 20.4 Å². The molecule has 4 aliphatic carbocycles. The molecule has 2 saturated heterocycles. The third-order valence-corrected chi connectivity index (χ3v) is 10.1. The van der Waals surface area contributed by atoms with Gasteiger partial charge in [-0.3, -0.25) is 9.59 Å². The van der Waals surface area contributed by atoms with Crippen molar-refractivity contribution in [2.75, 3.05) is 11.9 Å². The molecule has 1 aromatic heterocycles. The lowest BCUT2D eigenvalue weighted by atomic mass is 9.36. The highest BCUT2D eigenvalue weighted by Crippen LogP contribution is 2.75. The minimum absolute atomic E-state index is 0.0917. The van der Waals surface area contributed by atoms with E-state index in [0.29, 0.717) is 30.0 Å². The van der Waals surface area contributed by atoms with Crippen LogP contribution in [0, 0.1) is 28.6 Å². The maximum atomic E-state index is 13.7. The first-order chi connectivity index (χ1) is 14.9. The van der Waals surface area contributed by atoms with Crippen molar-refractivity contribution in [1.29, 1.82) is 0 Å². The number of carbonyl (C=O) groups is 2. The van der Waals surface area contributed by atoms with Crippen molar-refractivity contribution in [2.45, 2.75) is 63.4 Å². The standard InChI is InChI=1S/C23H28N2O6S/c1-9-11-5-6-13-21-8-31-23(30,22(13,16(9)27)17(11)28)18(29)14(21)20(3,4)7-12-15(21)25-19(32-12)24-10(2)26/h11,13-14,17-18,28-30H,1,5-8H2,2-4H3,(H,24,25,26)/t11-,13?,14?,17-,18+,21+,22+,23-/m1/s1. The summed E-state index contributed by atoms with van der Waals surface area (Å²) in [5.74, 6) is -4.17. The van der Waals surface area contributed by atoms with Crippen molar-refractivity contribution in [3.05, 3.63) is 22.7 Å². The van der Waals surface area contributed by atoms with Crippen LogP contribution in [0.5, 0.6) is 0 Å². The van der Waals surface area contributed by atoms with E-state index in [4.69, 9.17) is 9.72 Å². The monoisotopic (exact) mass is 460 g/mol. The number of nitrogens with one attached hydrogen (secondary N) is 1. The maximum absolute atomic E-state index is 13.7. The molecule has 2 unspecified atom stereocenters. The van der Waals surface area contributed by atoms with E-state index >= 15 is 0 Å². The number of aliphatic hydroxyl groups excluding tert-OH is 2. The molecule has 8 nitrogen and oxygen atoms in total. The largest absolute Gasteiger partial charge is 0.391 e. The van der Waals surface area contributed by atoms with Crippen LogP contribution in [0.4, 0.5) is 5.13 Å². The predicted octanol–water partition coefficient (Wildman–Crippen LogP) is 1.14. The van der Waals surface area contributed by atoms with Crippen molar-refractivity contribution in [3.63, 3.8) is 0 Å². The quantitative estimate of drug-likeness (QED) is 0.463. The number of nitrogens with zero attached hydrogens (tertiary/aromatic N) is 1. The Morgan fingerprint density at radius 1 is 1.28 bits per heavy atom. The molecule has 8 atom stereocenters. The number of fused-ring (bicyclic) bond motifs is 3. The van der Waals surface area contributed by atoms with Crippen LogP contribution in [0.2, 0.25) is 0 Å². The van der Waals surface area contributed by atoms with Gasteiger partial charge in [-0.25, -0.2) is 4.98 Å². The predicted molar refractivity (Wildman–Crippen MR) is 115 cm³/mol. The molecule has 1 aromatic rings. The van der Waals surface area contributed by atoms with Gasteiger partial charge in [-0.2, -0.15) is 0 Å². The van der Waals surface area contributed by atoms with Gasteiger partial charge < -0.3 is 25.4 Å². The Balaban J connectivity index is 1.65. The number of Topliss-reactive ketones (excluding diaryl/α,β-unsaturated/α-hetero) is 1. The second-order valence-electron chi connectivity index (χ2n) is 11.0. The van der Waals surface area contributed by atoms with Crippen LogP contribution in [-0.2, 0) is 26.2 Å². The number of ether oxygens (including phenoxy) is 1. The normalized spacial score (nSPS) is 47.6. The Morgan fingerprint density at radius 2 is 2.00 bits per heavy atom. The van der Waals surface area contributed by atoms with Gasteiger partial charge in [0.25, 0.3) is 0 Å². The molecule has 6 aliphatic rings. The smallest absolute Gasteiger partial charge is 0.223 e. The second-order valence-corrected chi connectivity index (χ2v) is 12.1. The van der Waals surface area contributed by atoms with E-state index < -0.39 is 57.8 Å². The molecule has 32 heavy (non-hydrogen) atoms. The lowest BCUT2D eigenvalue weighted by Crippen LogP contribution is -2.85. The van der Waals surface area contributed by atoms with E-state index in [9.17, 15) is 24.9 Å². The highest BCUT2D eigenvalue weighted by Gasteiger charge is 2.86. The lowest BCUT2D eigenvalue weighted by Gasteiger charge is -2.73.